The van der Waals surface area contributed by atoms with Crippen LogP contribution in [0.3, 0.4) is 0 Å². The fourth-order valence-corrected chi connectivity index (χ4v) is 1.46. The van der Waals surface area contributed by atoms with Gasteiger partial charge in [0.05, 0.1) is 6.61 Å². The van der Waals surface area contributed by atoms with Crippen LogP contribution in [0, 0.1) is 11.3 Å². The number of hydrogen-bond donors (Lipinski definition) is 2. The molecule has 0 aliphatic heterocycles. The van der Waals surface area contributed by atoms with Crippen molar-refractivity contribution in [2.75, 3.05) is 13.7 Å². The lowest BCUT2D eigenvalue weighted by atomic mass is 10.0. The molecule has 1 aliphatic rings. The molecule has 68 valence electrons. The van der Waals surface area contributed by atoms with Crippen LogP contribution in [0.2, 0.25) is 0 Å². The van der Waals surface area contributed by atoms with Crippen LogP contribution < -0.4 is 11.5 Å². The monoisotopic (exact) mass is 172 g/mol. The van der Waals surface area contributed by atoms with Gasteiger partial charge < -0.3 is 16.2 Å². The van der Waals surface area contributed by atoms with Crippen molar-refractivity contribution in [2.24, 2.45) is 22.8 Å². The lowest BCUT2D eigenvalue weighted by molar-refractivity contribution is -0.134. The Balaban J connectivity index is 2.69. The SMILES string of the molecule is COCC1CC1(C(N)=O)C(N)=O. The number of ether oxygens (including phenoxy) is 1. The first kappa shape index (κ1) is 8.99. The van der Waals surface area contributed by atoms with E-state index in [0.29, 0.717) is 13.0 Å². The van der Waals surface area contributed by atoms with Gasteiger partial charge in [0.25, 0.3) is 0 Å². The van der Waals surface area contributed by atoms with Crippen LogP contribution in [-0.4, -0.2) is 25.5 Å². The summed E-state index contributed by atoms with van der Waals surface area (Å²) >= 11 is 0. The molecule has 5 heteroatoms. The van der Waals surface area contributed by atoms with Gasteiger partial charge >= 0.3 is 0 Å². The molecule has 12 heavy (non-hydrogen) atoms. The zero-order valence-corrected chi connectivity index (χ0v) is 6.87. The van der Waals surface area contributed by atoms with Crippen molar-refractivity contribution in [3.8, 4) is 0 Å². The van der Waals surface area contributed by atoms with Gasteiger partial charge in [-0.25, -0.2) is 0 Å². The molecule has 4 N–H and O–H groups in total. The standard InChI is InChI=1S/C7H12N2O3/c1-12-3-4-2-7(4,5(8)10)6(9)11/h4H,2-3H2,1H3,(H2,8,10)(H2,9,11). The van der Waals surface area contributed by atoms with E-state index in [4.69, 9.17) is 16.2 Å². The molecule has 1 saturated carbocycles. The first-order valence-electron chi connectivity index (χ1n) is 3.64. The number of rotatable bonds is 4. The molecule has 0 bridgehead atoms. The van der Waals surface area contributed by atoms with Crippen LogP contribution >= 0.6 is 0 Å². The van der Waals surface area contributed by atoms with Gasteiger partial charge in [0, 0.05) is 13.0 Å². The van der Waals surface area contributed by atoms with E-state index in [1.165, 1.54) is 7.11 Å². The molecule has 1 aliphatic carbocycles. The summed E-state index contributed by atoms with van der Waals surface area (Å²) < 4.78 is 4.81. The maximum atomic E-state index is 10.9. The molecule has 0 heterocycles. The van der Waals surface area contributed by atoms with E-state index in [2.05, 4.69) is 0 Å². The molecule has 0 aromatic carbocycles. The topological polar surface area (TPSA) is 95.4 Å². The van der Waals surface area contributed by atoms with Crippen molar-refractivity contribution in [1.82, 2.24) is 0 Å². The van der Waals surface area contributed by atoms with E-state index >= 15 is 0 Å². The van der Waals surface area contributed by atoms with E-state index in [0.717, 1.165) is 0 Å². The van der Waals surface area contributed by atoms with Crippen LogP contribution in [0.4, 0.5) is 0 Å². The minimum absolute atomic E-state index is 0.127. The van der Waals surface area contributed by atoms with Crippen LogP contribution in [-0.2, 0) is 14.3 Å². The number of hydrogen-bond acceptors (Lipinski definition) is 3. The molecule has 0 aromatic heterocycles. The summed E-state index contributed by atoms with van der Waals surface area (Å²) in [5.74, 6) is -1.41. The third-order valence-corrected chi connectivity index (χ3v) is 2.35. The first-order valence-corrected chi connectivity index (χ1v) is 3.64. The largest absolute Gasteiger partial charge is 0.384 e. The third kappa shape index (κ3) is 1.06. The van der Waals surface area contributed by atoms with E-state index < -0.39 is 17.2 Å². The Bertz CT molecular complexity index is 213. The number of carbonyl (C=O) groups excluding carboxylic acids is 2. The Morgan fingerprint density at radius 2 is 2.00 bits per heavy atom. The van der Waals surface area contributed by atoms with Crippen molar-refractivity contribution < 1.29 is 14.3 Å². The molecule has 1 fully saturated rings. The highest BCUT2D eigenvalue weighted by Crippen LogP contribution is 2.52. The van der Waals surface area contributed by atoms with Gasteiger partial charge in [-0.05, 0) is 6.42 Å². The normalized spacial score (nSPS) is 24.9. The fraction of sp³-hybridized carbons (Fsp3) is 0.714. The van der Waals surface area contributed by atoms with Crippen LogP contribution in [0.15, 0.2) is 0 Å². The molecule has 2 amide bonds. The summed E-state index contributed by atoms with van der Waals surface area (Å²) in [6.07, 6.45) is 0.422. The number of nitrogens with two attached hydrogens (primary N) is 2. The molecule has 0 aromatic rings. The van der Waals surface area contributed by atoms with Gasteiger partial charge in [0.2, 0.25) is 11.8 Å². The number of primary amides is 2. The zero-order chi connectivity index (χ0) is 9.35. The highest BCUT2D eigenvalue weighted by atomic mass is 16.5. The Labute approximate surface area is 70.0 Å². The Hall–Kier alpha value is -1.10. The molecule has 1 unspecified atom stereocenters. The van der Waals surface area contributed by atoms with Crippen molar-refractivity contribution >= 4 is 11.8 Å². The van der Waals surface area contributed by atoms with Crippen LogP contribution in [0.25, 0.3) is 0 Å². The van der Waals surface area contributed by atoms with Gasteiger partial charge in [0.15, 0.2) is 0 Å². The second-order valence-electron chi connectivity index (χ2n) is 3.06. The van der Waals surface area contributed by atoms with Crippen LogP contribution in [0.1, 0.15) is 6.42 Å². The summed E-state index contributed by atoms with van der Waals surface area (Å²) in [7, 11) is 1.51. The van der Waals surface area contributed by atoms with Gasteiger partial charge in [-0.3, -0.25) is 9.59 Å². The summed E-state index contributed by atoms with van der Waals surface area (Å²) in [5, 5.41) is 0. The number of carbonyl (C=O) groups is 2. The quantitative estimate of drug-likeness (QED) is 0.511. The minimum Gasteiger partial charge on any atom is -0.384 e. The van der Waals surface area contributed by atoms with Gasteiger partial charge in [-0.15, -0.1) is 0 Å². The molecule has 1 rings (SSSR count). The average Bonchev–Trinajstić information content (AvgIpc) is 2.64. The summed E-state index contributed by atoms with van der Waals surface area (Å²) in [4.78, 5) is 21.8. The van der Waals surface area contributed by atoms with E-state index in [1.807, 2.05) is 0 Å². The maximum Gasteiger partial charge on any atom is 0.233 e. The summed E-state index contributed by atoms with van der Waals surface area (Å²) in [6, 6.07) is 0. The van der Waals surface area contributed by atoms with E-state index in [9.17, 15) is 9.59 Å². The van der Waals surface area contributed by atoms with E-state index in [-0.39, 0.29) is 5.92 Å². The van der Waals surface area contributed by atoms with Gasteiger partial charge in [-0.1, -0.05) is 0 Å². The van der Waals surface area contributed by atoms with Crippen molar-refractivity contribution in [2.45, 2.75) is 6.42 Å². The fourth-order valence-electron chi connectivity index (χ4n) is 1.46. The highest BCUT2D eigenvalue weighted by Gasteiger charge is 2.63. The highest BCUT2D eigenvalue weighted by molar-refractivity contribution is 6.07. The lowest BCUT2D eigenvalue weighted by Crippen LogP contribution is -2.39. The van der Waals surface area contributed by atoms with Crippen molar-refractivity contribution in [3.05, 3.63) is 0 Å². The molecule has 1 atom stereocenters. The second-order valence-corrected chi connectivity index (χ2v) is 3.06. The molecule has 0 spiro atoms. The van der Waals surface area contributed by atoms with Gasteiger partial charge in [-0.2, -0.15) is 0 Å². The number of methoxy groups -OCH3 is 1. The molecule has 0 radical (unpaired) electrons. The molecular weight excluding hydrogens is 160 g/mol. The minimum atomic E-state index is -1.13. The molecule has 5 nitrogen and oxygen atoms in total. The predicted molar refractivity (Wildman–Crippen MR) is 40.8 cm³/mol. The maximum absolute atomic E-state index is 10.9. The number of amides is 2. The summed E-state index contributed by atoms with van der Waals surface area (Å²) in [5.41, 5.74) is 8.99. The van der Waals surface area contributed by atoms with Crippen molar-refractivity contribution in [3.63, 3.8) is 0 Å². The van der Waals surface area contributed by atoms with Crippen LogP contribution in [0.5, 0.6) is 0 Å². The average molecular weight is 172 g/mol. The van der Waals surface area contributed by atoms with E-state index in [1.54, 1.807) is 0 Å². The zero-order valence-electron chi connectivity index (χ0n) is 6.87. The van der Waals surface area contributed by atoms with Gasteiger partial charge in [0.1, 0.15) is 5.41 Å². The van der Waals surface area contributed by atoms with Crippen molar-refractivity contribution in [1.29, 1.82) is 0 Å². The third-order valence-electron chi connectivity index (χ3n) is 2.35. The Morgan fingerprint density at radius 1 is 1.50 bits per heavy atom. The Kier molecular flexibility index (Phi) is 2.06. The summed E-state index contributed by atoms with van der Waals surface area (Å²) in [6.45, 7) is 0.353. The second kappa shape index (κ2) is 2.75. The first-order chi connectivity index (χ1) is 5.55. The smallest absolute Gasteiger partial charge is 0.233 e. The molecule has 0 saturated heterocycles. The lowest BCUT2D eigenvalue weighted by Gasteiger charge is -2.07. The Morgan fingerprint density at radius 3 is 2.25 bits per heavy atom. The molecular formula is C7H12N2O3. The predicted octanol–water partition coefficient (Wildman–Crippen LogP) is -1.39.